The summed E-state index contributed by atoms with van der Waals surface area (Å²) in [5.41, 5.74) is 2.63. The number of aliphatic carboxylic acids is 2. The molecular weight excluding hydrogens is 486 g/mol. The number of aryl methyl sites for hydroxylation is 1. The van der Waals surface area contributed by atoms with Crippen LogP contribution in [0, 0.1) is 0 Å². The Hall–Kier alpha value is -2.72. The first kappa shape index (κ1) is 28.3. The van der Waals surface area contributed by atoms with Crippen molar-refractivity contribution >= 4 is 23.3 Å². The number of thiazole rings is 1. The van der Waals surface area contributed by atoms with E-state index in [0.29, 0.717) is 5.92 Å². The van der Waals surface area contributed by atoms with E-state index in [1.807, 2.05) is 29.5 Å². The molecule has 2 aromatic rings. The third kappa shape index (κ3) is 9.35. The second kappa shape index (κ2) is 11.9. The van der Waals surface area contributed by atoms with Crippen LogP contribution in [0.5, 0.6) is 0 Å². The topological polar surface area (TPSA) is 118 Å². The van der Waals surface area contributed by atoms with Crippen molar-refractivity contribution in [2.24, 2.45) is 7.05 Å². The number of alkyl halides is 6. The van der Waals surface area contributed by atoms with Gasteiger partial charge in [-0.3, -0.25) is 9.58 Å². The van der Waals surface area contributed by atoms with Crippen molar-refractivity contribution < 1.29 is 50.9 Å². The second-order valence-corrected chi connectivity index (χ2v) is 7.51. The Morgan fingerprint density at radius 1 is 1.18 bits per heavy atom. The van der Waals surface area contributed by atoms with Gasteiger partial charge in [0.25, 0.3) is 0 Å². The molecule has 2 aromatic heterocycles. The number of carbonyl (C=O) groups is 2. The zero-order chi connectivity index (χ0) is 25.4. The van der Waals surface area contributed by atoms with E-state index in [2.05, 4.69) is 15.0 Å². The highest BCUT2D eigenvalue weighted by atomic mass is 32.1. The highest BCUT2D eigenvalue weighted by Gasteiger charge is 2.38. The second-order valence-electron chi connectivity index (χ2n) is 6.53. The predicted molar refractivity (Wildman–Crippen MR) is 101 cm³/mol. The highest BCUT2D eigenvalue weighted by molar-refractivity contribution is 7.09. The highest BCUT2D eigenvalue weighted by Crippen LogP contribution is 2.29. The van der Waals surface area contributed by atoms with E-state index in [-0.39, 0.29) is 0 Å². The van der Waals surface area contributed by atoms with Gasteiger partial charge < -0.3 is 14.9 Å². The molecule has 3 rings (SSSR count). The van der Waals surface area contributed by atoms with Gasteiger partial charge in [0.15, 0.2) is 0 Å². The SMILES string of the molecule is COCC1CN(Cc2nccs2)Cc2cnn(C)c21.O=C(O)C(F)(F)F.O=C(O)C(F)(F)F. The van der Waals surface area contributed by atoms with E-state index in [0.717, 1.165) is 26.2 Å². The van der Waals surface area contributed by atoms with Gasteiger partial charge in [-0.2, -0.15) is 31.4 Å². The number of carboxylic acid groups (broad SMARTS) is 2. The van der Waals surface area contributed by atoms with Gasteiger partial charge in [0.1, 0.15) is 5.01 Å². The molecule has 0 aromatic carbocycles. The lowest BCUT2D eigenvalue weighted by Crippen LogP contribution is -2.35. The van der Waals surface area contributed by atoms with Crippen molar-refractivity contribution in [1.29, 1.82) is 0 Å². The van der Waals surface area contributed by atoms with Crippen LogP contribution in [0.4, 0.5) is 26.3 Å². The Morgan fingerprint density at radius 2 is 1.73 bits per heavy atom. The summed E-state index contributed by atoms with van der Waals surface area (Å²) in [6, 6.07) is 0. The van der Waals surface area contributed by atoms with Crippen LogP contribution in [0.3, 0.4) is 0 Å². The minimum atomic E-state index is -5.08. The molecule has 1 aliphatic heterocycles. The van der Waals surface area contributed by atoms with Gasteiger partial charge in [0.05, 0.1) is 19.3 Å². The number of ether oxygens (including phenoxy) is 1. The zero-order valence-corrected chi connectivity index (χ0v) is 18.0. The predicted octanol–water partition coefficient (Wildman–Crippen LogP) is 2.89. The van der Waals surface area contributed by atoms with Gasteiger partial charge in [-0.25, -0.2) is 14.6 Å². The first-order valence-electron chi connectivity index (χ1n) is 8.87. The van der Waals surface area contributed by atoms with Gasteiger partial charge in [-0.05, 0) is 0 Å². The van der Waals surface area contributed by atoms with Crippen LogP contribution in [0.1, 0.15) is 22.2 Å². The fourth-order valence-electron chi connectivity index (χ4n) is 2.82. The maximum Gasteiger partial charge on any atom is 0.490 e. The van der Waals surface area contributed by atoms with Gasteiger partial charge in [0, 0.05) is 56.0 Å². The van der Waals surface area contributed by atoms with Crippen LogP contribution in [0.15, 0.2) is 17.8 Å². The van der Waals surface area contributed by atoms with Crippen LogP contribution >= 0.6 is 11.3 Å². The molecule has 0 fully saturated rings. The van der Waals surface area contributed by atoms with Crippen molar-refractivity contribution in [1.82, 2.24) is 19.7 Å². The Bertz CT molecular complexity index is 877. The van der Waals surface area contributed by atoms with E-state index < -0.39 is 24.3 Å². The lowest BCUT2D eigenvalue weighted by molar-refractivity contribution is -0.193. The largest absolute Gasteiger partial charge is 0.490 e. The molecule has 1 unspecified atom stereocenters. The summed E-state index contributed by atoms with van der Waals surface area (Å²) in [5.74, 6) is -5.12. The van der Waals surface area contributed by atoms with Gasteiger partial charge in [0.2, 0.25) is 0 Å². The van der Waals surface area contributed by atoms with Crippen molar-refractivity contribution in [3.05, 3.63) is 34.0 Å². The average Bonchev–Trinajstić information content (AvgIpc) is 3.31. The van der Waals surface area contributed by atoms with E-state index in [1.165, 1.54) is 16.3 Å². The third-order valence-electron chi connectivity index (χ3n) is 4.02. The van der Waals surface area contributed by atoms with Crippen molar-refractivity contribution in [2.45, 2.75) is 31.4 Å². The molecule has 0 amide bonds. The van der Waals surface area contributed by atoms with Crippen molar-refractivity contribution in [3.63, 3.8) is 0 Å². The van der Waals surface area contributed by atoms with Crippen LogP contribution in [-0.4, -0.2) is 74.4 Å². The Kier molecular flexibility index (Phi) is 10.2. The molecule has 16 heteroatoms. The standard InChI is InChI=1S/C13H18N4OS.2C2HF3O2/c1-16-13-10(5-15-16)6-17(7-11(13)9-18-2)8-12-14-3-4-19-12;2*3-2(4,5)1(6)7/h3-5,11H,6-9H2,1-2H3;2*(H,6,7). The number of hydrogen-bond donors (Lipinski definition) is 2. The summed E-state index contributed by atoms with van der Waals surface area (Å²) in [4.78, 5) is 24.6. The molecule has 0 aliphatic carbocycles. The first-order chi connectivity index (χ1) is 15.2. The molecule has 1 aliphatic rings. The molecule has 9 nitrogen and oxygen atoms in total. The number of methoxy groups -OCH3 is 1. The van der Waals surface area contributed by atoms with E-state index in [1.54, 1.807) is 18.4 Å². The van der Waals surface area contributed by atoms with E-state index in [9.17, 15) is 26.3 Å². The fraction of sp³-hybridized carbons (Fsp3) is 0.529. The Morgan fingerprint density at radius 3 is 2.15 bits per heavy atom. The van der Waals surface area contributed by atoms with Gasteiger partial charge in [-0.15, -0.1) is 11.3 Å². The van der Waals surface area contributed by atoms with Crippen LogP contribution in [0.2, 0.25) is 0 Å². The van der Waals surface area contributed by atoms with Crippen molar-refractivity contribution in [3.8, 4) is 0 Å². The van der Waals surface area contributed by atoms with Gasteiger partial charge in [-0.1, -0.05) is 0 Å². The summed E-state index contributed by atoms with van der Waals surface area (Å²) in [7, 11) is 3.77. The third-order valence-corrected chi connectivity index (χ3v) is 4.78. The van der Waals surface area contributed by atoms with Crippen molar-refractivity contribution in [2.75, 3.05) is 20.3 Å². The fourth-order valence-corrected chi connectivity index (χ4v) is 3.48. The number of hydrogen-bond acceptors (Lipinski definition) is 7. The first-order valence-corrected chi connectivity index (χ1v) is 9.75. The normalized spacial score (nSPS) is 16.1. The van der Waals surface area contributed by atoms with Crippen LogP contribution in [-0.2, 0) is 34.5 Å². The molecule has 186 valence electrons. The maximum atomic E-state index is 10.6. The summed E-state index contributed by atoms with van der Waals surface area (Å²) in [6.45, 7) is 3.59. The number of fused-ring (bicyclic) bond motifs is 1. The summed E-state index contributed by atoms with van der Waals surface area (Å²) in [6.07, 6.45) is -6.32. The Balaban J connectivity index is 0.000000324. The molecule has 0 saturated carbocycles. The molecule has 0 bridgehead atoms. The molecule has 0 saturated heterocycles. The average molecular weight is 506 g/mol. The number of aromatic nitrogens is 3. The Labute approximate surface area is 187 Å². The minimum Gasteiger partial charge on any atom is -0.475 e. The van der Waals surface area contributed by atoms with Crippen LogP contribution in [0.25, 0.3) is 0 Å². The monoisotopic (exact) mass is 506 g/mol. The zero-order valence-electron chi connectivity index (χ0n) is 17.2. The molecule has 1 atom stereocenters. The lowest BCUT2D eigenvalue weighted by Gasteiger charge is -2.32. The summed E-state index contributed by atoms with van der Waals surface area (Å²) >= 11 is 1.71. The molecular formula is C17H20F6N4O5S. The summed E-state index contributed by atoms with van der Waals surface area (Å²) in [5, 5.41) is 21.8. The lowest BCUT2D eigenvalue weighted by atomic mass is 9.97. The van der Waals surface area contributed by atoms with Crippen LogP contribution < -0.4 is 0 Å². The van der Waals surface area contributed by atoms with Gasteiger partial charge >= 0.3 is 24.3 Å². The molecule has 3 heterocycles. The smallest absolute Gasteiger partial charge is 0.475 e. The quantitative estimate of drug-likeness (QED) is 0.608. The number of nitrogens with zero attached hydrogens (tertiary/aromatic N) is 4. The molecule has 0 radical (unpaired) electrons. The van der Waals surface area contributed by atoms with E-state index >= 15 is 0 Å². The number of halogens is 6. The molecule has 33 heavy (non-hydrogen) atoms. The summed E-state index contributed by atoms with van der Waals surface area (Å²) < 4.78 is 70.8. The molecule has 0 spiro atoms. The number of carboxylic acids is 2. The molecule has 2 N–H and O–H groups in total. The van der Waals surface area contributed by atoms with E-state index in [4.69, 9.17) is 24.5 Å². The minimum absolute atomic E-state index is 0.390. The maximum absolute atomic E-state index is 10.6. The number of rotatable bonds is 4.